The number of hydrogen-bond acceptors (Lipinski definition) is 4. The molecule has 0 heterocycles. The predicted molar refractivity (Wildman–Crippen MR) is 149 cm³/mol. The number of nitrogens with one attached hydrogen (secondary N) is 3. The average molecular weight is 534 g/mol. The molecule has 0 saturated carbocycles. The summed E-state index contributed by atoms with van der Waals surface area (Å²) in [5.41, 5.74) is 6.03. The van der Waals surface area contributed by atoms with Crippen LogP contribution in [0.3, 0.4) is 0 Å². The van der Waals surface area contributed by atoms with Gasteiger partial charge in [-0.15, -0.1) is 11.6 Å². The molecule has 3 aromatic rings. The van der Waals surface area contributed by atoms with Crippen molar-refractivity contribution in [2.75, 3.05) is 11.9 Å². The van der Waals surface area contributed by atoms with Crippen molar-refractivity contribution < 1.29 is 19.1 Å². The number of ether oxygens (including phenoxy) is 1. The average Bonchev–Trinajstić information content (AvgIpc) is 3.24. The molecule has 3 aromatic carbocycles. The van der Waals surface area contributed by atoms with Crippen LogP contribution in [-0.4, -0.2) is 36.6 Å². The van der Waals surface area contributed by atoms with E-state index >= 15 is 0 Å². The third kappa shape index (κ3) is 6.17. The summed E-state index contributed by atoms with van der Waals surface area (Å²) in [6.07, 6.45) is -0.683. The Morgan fingerprint density at radius 2 is 1.39 bits per heavy atom. The largest absolute Gasteiger partial charge is 0.449 e. The topological polar surface area (TPSA) is 96.5 Å². The highest BCUT2D eigenvalue weighted by molar-refractivity contribution is 6.17. The van der Waals surface area contributed by atoms with E-state index in [4.69, 9.17) is 16.3 Å². The van der Waals surface area contributed by atoms with Crippen LogP contribution in [-0.2, 0) is 20.2 Å². The molecule has 3 amide bonds. The fourth-order valence-corrected chi connectivity index (χ4v) is 4.78. The molecule has 0 unspecified atom stereocenters. The molecule has 8 heteroatoms. The molecule has 0 spiro atoms. The number of alkyl carbamates (subject to hydrolysis) is 1. The van der Waals surface area contributed by atoms with Crippen molar-refractivity contribution in [3.8, 4) is 11.1 Å². The Bertz CT molecular complexity index is 1260. The standard InChI is InChI=1S/C30H32ClN3O4/c1-18(2)27(29(36)32-19(3)28(35)33-21-14-12-20(16-31)13-15-21)34-30(37)38-17-26-24-10-6-4-8-22(24)23-9-5-7-11-25(23)26/h4-15,18-19,26-27H,16-17H2,1-3H3,(H,32,36)(H,33,35)(H,34,37)/t19-,27-/m0/s1. The zero-order valence-corrected chi connectivity index (χ0v) is 22.4. The third-order valence-electron chi connectivity index (χ3n) is 6.69. The lowest BCUT2D eigenvalue weighted by atomic mass is 9.98. The number of carbonyl (C=O) groups excluding carboxylic acids is 3. The highest BCUT2D eigenvalue weighted by Crippen LogP contribution is 2.44. The Hall–Kier alpha value is -3.84. The molecular formula is C30H32ClN3O4. The first-order chi connectivity index (χ1) is 18.3. The summed E-state index contributed by atoms with van der Waals surface area (Å²) < 4.78 is 5.60. The Labute approximate surface area is 227 Å². The molecule has 2 atom stereocenters. The lowest BCUT2D eigenvalue weighted by Gasteiger charge is -2.24. The Balaban J connectivity index is 1.33. The monoisotopic (exact) mass is 533 g/mol. The molecule has 0 aromatic heterocycles. The number of carbonyl (C=O) groups is 3. The van der Waals surface area contributed by atoms with Gasteiger partial charge in [0.1, 0.15) is 18.7 Å². The van der Waals surface area contributed by atoms with Crippen molar-refractivity contribution in [3.63, 3.8) is 0 Å². The molecule has 0 bridgehead atoms. The number of halogens is 1. The molecule has 4 rings (SSSR count). The van der Waals surface area contributed by atoms with Gasteiger partial charge in [-0.2, -0.15) is 0 Å². The summed E-state index contributed by atoms with van der Waals surface area (Å²) in [7, 11) is 0. The van der Waals surface area contributed by atoms with Crippen molar-refractivity contribution in [2.45, 2.75) is 44.7 Å². The molecule has 1 aliphatic carbocycles. The fraction of sp³-hybridized carbons (Fsp3) is 0.300. The van der Waals surface area contributed by atoms with Crippen LogP contribution >= 0.6 is 11.6 Å². The first-order valence-corrected chi connectivity index (χ1v) is 13.2. The van der Waals surface area contributed by atoms with Gasteiger partial charge in [-0.1, -0.05) is 74.5 Å². The third-order valence-corrected chi connectivity index (χ3v) is 7.00. The molecule has 7 nitrogen and oxygen atoms in total. The highest BCUT2D eigenvalue weighted by Gasteiger charge is 2.31. The molecule has 0 aliphatic heterocycles. The maximum absolute atomic E-state index is 13.0. The second kappa shape index (κ2) is 12.1. The molecular weight excluding hydrogens is 502 g/mol. The molecule has 3 N–H and O–H groups in total. The number of hydrogen-bond donors (Lipinski definition) is 3. The van der Waals surface area contributed by atoms with Gasteiger partial charge < -0.3 is 20.7 Å². The van der Waals surface area contributed by atoms with Crippen LogP contribution in [0.4, 0.5) is 10.5 Å². The quantitative estimate of drug-likeness (QED) is 0.319. The number of alkyl halides is 1. The van der Waals surface area contributed by atoms with Crippen LogP contribution in [0.15, 0.2) is 72.8 Å². The Morgan fingerprint density at radius 1 is 0.816 bits per heavy atom. The summed E-state index contributed by atoms with van der Waals surface area (Å²) >= 11 is 5.80. The van der Waals surface area contributed by atoms with E-state index in [-0.39, 0.29) is 24.3 Å². The molecule has 38 heavy (non-hydrogen) atoms. The zero-order valence-electron chi connectivity index (χ0n) is 21.7. The van der Waals surface area contributed by atoms with Crippen LogP contribution in [0.25, 0.3) is 11.1 Å². The van der Waals surface area contributed by atoms with Gasteiger partial charge in [0.2, 0.25) is 11.8 Å². The van der Waals surface area contributed by atoms with Crippen LogP contribution in [0.5, 0.6) is 0 Å². The normalized spacial score (nSPS) is 13.7. The molecule has 0 saturated heterocycles. The van der Waals surface area contributed by atoms with E-state index < -0.39 is 24.1 Å². The lowest BCUT2D eigenvalue weighted by Crippen LogP contribution is -2.53. The van der Waals surface area contributed by atoms with Crippen molar-refractivity contribution in [2.24, 2.45) is 5.92 Å². The van der Waals surface area contributed by atoms with Crippen molar-refractivity contribution in [1.82, 2.24) is 10.6 Å². The van der Waals surface area contributed by atoms with Crippen molar-refractivity contribution in [3.05, 3.63) is 89.5 Å². The molecule has 1 aliphatic rings. The summed E-state index contributed by atoms with van der Waals surface area (Å²) in [6.45, 7) is 5.37. The number of amides is 3. The molecule has 198 valence electrons. The number of rotatable bonds is 9. The summed E-state index contributed by atoms with van der Waals surface area (Å²) in [4.78, 5) is 38.3. The molecule has 0 radical (unpaired) electrons. The number of fused-ring (bicyclic) bond motifs is 3. The summed E-state index contributed by atoms with van der Waals surface area (Å²) in [5.74, 6) is -0.765. The van der Waals surface area contributed by atoms with E-state index in [1.54, 1.807) is 19.1 Å². The summed E-state index contributed by atoms with van der Waals surface area (Å²) in [6, 6.07) is 21.6. The second-order valence-corrected chi connectivity index (χ2v) is 10.0. The van der Waals surface area contributed by atoms with Crippen LogP contribution in [0, 0.1) is 5.92 Å². The second-order valence-electron chi connectivity index (χ2n) is 9.74. The minimum Gasteiger partial charge on any atom is -0.449 e. The van der Waals surface area contributed by atoms with Gasteiger partial charge in [0.15, 0.2) is 0 Å². The SMILES string of the molecule is CC(C)[C@H](NC(=O)OCC1c2ccccc2-c2ccccc21)C(=O)N[C@@H](C)C(=O)Nc1ccc(CCl)cc1. The van der Waals surface area contributed by atoms with E-state index in [0.717, 1.165) is 27.8 Å². The van der Waals surface area contributed by atoms with Crippen LogP contribution in [0.1, 0.15) is 43.4 Å². The Morgan fingerprint density at radius 3 is 1.95 bits per heavy atom. The lowest BCUT2D eigenvalue weighted by molar-refractivity contribution is -0.128. The van der Waals surface area contributed by atoms with Crippen LogP contribution < -0.4 is 16.0 Å². The van der Waals surface area contributed by atoms with E-state index in [2.05, 4.69) is 28.1 Å². The van der Waals surface area contributed by atoms with Gasteiger partial charge in [-0.3, -0.25) is 9.59 Å². The van der Waals surface area contributed by atoms with Gasteiger partial charge in [0.25, 0.3) is 0 Å². The summed E-state index contributed by atoms with van der Waals surface area (Å²) in [5, 5.41) is 8.13. The maximum atomic E-state index is 13.0. The van der Waals surface area contributed by atoms with Gasteiger partial charge in [-0.25, -0.2) is 4.79 Å². The maximum Gasteiger partial charge on any atom is 0.407 e. The van der Waals surface area contributed by atoms with Crippen molar-refractivity contribution >= 4 is 35.2 Å². The minimum absolute atomic E-state index is 0.0818. The van der Waals surface area contributed by atoms with Gasteiger partial charge in [0.05, 0.1) is 0 Å². The Kier molecular flexibility index (Phi) is 8.69. The predicted octanol–water partition coefficient (Wildman–Crippen LogP) is 5.43. The minimum atomic E-state index is -0.871. The molecule has 0 fully saturated rings. The van der Waals surface area contributed by atoms with Gasteiger partial charge in [-0.05, 0) is 52.8 Å². The highest BCUT2D eigenvalue weighted by atomic mass is 35.5. The van der Waals surface area contributed by atoms with Gasteiger partial charge >= 0.3 is 6.09 Å². The van der Waals surface area contributed by atoms with Crippen LogP contribution in [0.2, 0.25) is 0 Å². The van der Waals surface area contributed by atoms with E-state index in [1.165, 1.54) is 0 Å². The smallest absolute Gasteiger partial charge is 0.407 e. The van der Waals surface area contributed by atoms with E-state index in [1.807, 2.05) is 62.4 Å². The first kappa shape index (κ1) is 27.2. The number of anilines is 1. The van der Waals surface area contributed by atoms with E-state index in [9.17, 15) is 14.4 Å². The first-order valence-electron chi connectivity index (χ1n) is 12.7. The fourth-order valence-electron chi connectivity index (χ4n) is 4.60. The van der Waals surface area contributed by atoms with Gasteiger partial charge in [0, 0.05) is 17.5 Å². The van der Waals surface area contributed by atoms with E-state index in [0.29, 0.717) is 11.6 Å². The number of benzene rings is 3. The van der Waals surface area contributed by atoms with Crippen molar-refractivity contribution in [1.29, 1.82) is 0 Å². The zero-order chi connectivity index (χ0) is 27.2.